The summed E-state index contributed by atoms with van der Waals surface area (Å²) in [6, 6.07) is 8.14. The van der Waals surface area contributed by atoms with E-state index < -0.39 is 4.92 Å². The van der Waals surface area contributed by atoms with E-state index in [0.29, 0.717) is 28.1 Å². The summed E-state index contributed by atoms with van der Waals surface area (Å²) in [6.07, 6.45) is 6.92. The molecule has 1 radical (unpaired) electrons. The quantitative estimate of drug-likeness (QED) is 0.149. The molecule has 3 aromatic heterocycles. The molecule has 10 nitrogen and oxygen atoms in total. The van der Waals surface area contributed by atoms with Crippen LogP contribution in [-0.2, 0) is 0 Å². The van der Waals surface area contributed by atoms with E-state index in [2.05, 4.69) is 20.3 Å². The summed E-state index contributed by atoms with van der Waals surface area (Å²) < 4.78 is 2.56. The Kier molecular flexibility index (Phi) is 7.07. The van der Waals surface area contributed by atoms with Crippen molar-refractivity contribution in [2.75, 3.05) is 17.6 Å². The van der Waals surface area contributed by atoms with Gasteiger partial charge in [-0.1, -0.05) is 0 Å². The molecule has 0 fully saturated rings. The number of nitrogen functional groups attached to an aromatic ring is 1. The monoisotopic (exact) mass is 545 g/mol. The molecule has 167 valence electrons. The zero-order chi connectivity index (χ0) is 23.4. The van der Waals surface area contributed by atoms with Crippen LogP contribution in [0, 0.1) is 10.1 Å². The van der Waals surface area contributed by atoms with Crippen molar-refractivity contribution in [3.05, 3.63) is 75.4 Å². The van der Waals surface area contributed by atoms with Gasteiger partial charge in [0.2, 0.25) is 0 Å². The number of pyridine rings is 1. The molecule has 0 atom stereocenters. The van der Waals surface area contributed by atoms with Gasteiger partial charge in [-0.2, -0.15) is 0 Å². The number of anilines is 2. The molecule has 4 rings (SSSR count). The Labute approximate surface area is 205 Å². The summed E-state index contributed by atoms with van der Waals surface area (Å²) in [5, 5.41) is 15.8. The first kappa shape index (κ1) is 23.0. The van der Waals surface area contributed by atoms with Gasteiger partial charge in [0.25, 0.3) is 0 Å². The van der Waals surface area contributed by atoms with Crippen LogP contribution >= 0.6 is 23.2 Å². The van der Waals surface area contributed by atoms with E-state index in [-0.39, 0.29) is 27.3 Å². The predicted molar refractivity (Wildman–Crippen MR) is 129 cm³/mol. The van der Waals surface area contributed by atoms with Crippen LogP contribution in [0.25, 0.3) is 16.9 Å². The van der Waals surface area contributed by atoms with Crippen molar-refractivity contribution in [3.8, 4) is 16.9 Å². The fourth-order valence-corrected chi connectivity index (χ4v) is 5.01. The molecule has 0 aliphatic rings. The summed E-state index contributed by atoms with van der Waals surface area (Å²) in [5.41, 5.74) is 7.61. The van der Waals surface area contributed by atoms with Crippen molar-refractivity contribution >= 4 is 60.9 Å². The third kappa shape index (κ3) is 5.42. The molecule has 13 heteroatoms. The first-order chi connectivity index (χ1) is 15.9. The number of nitro groups is 1. The molecule has 0 unspecified atom stereocenters. The van der Waals surface area contributed by atoms with Crippen molar-refractivity contribution in [3.63, 3.8) is 0 Å². The van der Waals surface area contributed by atoms with Crippen LogP contribution in [-0.4, -0.2) is 51.7 Å². The van der Waals surface area contributed by atoms with Crippen LogP contribution in [0.2, 0.25) is 15.3 Å². The minimum absolute atomic E-state index is 0.124. The Morgan fingerprint density at radius 2 is 2.06 bits per heavy atom. The first-order valence-corrected chi connectivity index (χ1v) is 12.6. The van der Waals surface area contributed by atoms with Gasteiger partial charge in [0, 0.05) is 0 Å². The molecule has 3 heterocycles. The number of halogens is 2. The van der Waals surface area contributed by atoms with Crippen molar-refractivity contribution in [1.29, 1.82) is 0 Å². The van der Waals surface area contributed by atoms with Crippen molar-refractivity contribution in [2.45, 2.75) is 5.21 Å². The zero-order valence-corrected chi connectivity index (χ0v) is 20.3. The van der Waals surface area contributed by atoms with Crippen LogP contribution in [0.3, 0.4) is 0 Å². The summed E-state index contributed by atoms with van der Waals surface area (Å²) in [7, 11) is 0. The van der Waals surface area contributed by atoms with Gasteiger partial charge in [0.1, 0.15) is 0 Å². The van der Waals surface area contributed by atoms with Gasteiger partial charge in [0.15, 0.2) is 0 Å². The average Bonchev–Trinajstić information content (AvgIpc) is 3.31. The summed E-state index contributed by atoms with van der Waals surface area (Å²) in [5.74, 6) is 0.352. The van der Waals surface area contributed by atoms with Gasteiger partial charge < -0.3 is 0 Å². The van der Waals surface area contributed by atoms with E-state index in [1.807, 2.05) is 16.8 Å². The van der Waals surface area contributed by atoms with Crippen molar-refractivity contribution < 1.29 is 4.92 Å². The third-order valence-electron chi connectivity index (χ3n) is 4.50. The van der Waals surface area contributed by atoms with E-state index in [9.17, 15) is 10.1 Å². The number of hydrogen-bond donors (Lipinski definition) is 2. The Morgan fingerprint density at radius 1 is 1.21 bits per heavy atom. The Hall–Kier alpha value is -3.20. The Balaban J connectivity index is 1.49. The number of nitrogens with one attached hydrogen (secondary N) is 1. The van der Waals surface area contributed by atoms with E-state index >= 15 is 0 Å². The number of aromatic nitrogens is 5. The maximum absolute atomic E-state index is 10.9. The van der Waals surface area contributed by atoms with Gasteiger partial charge >= 0.3 is 205 Å². The van der Waals surface area contributed by atoms with E-state index in [0.717, 1.165) is 21.1 Å². The van der Waals surface area contributed by atoms with E-state index in [4.69, 9.17) is 33.9 Å². The molecule has 0 aliphatic heterocycles. The molecule has 33 heavy (non-hydrogen) atoms. The van der Waals surface area contributed by atoms with Crippen LogP contribution in [0.5, 0.6) is 0 Å². The molecule has 0 saturated carbocycles. The molecule has 0 bridgehead atoms. The van der Waals surface area contributed by atoms with Gasteiger partial charge in [-0.15, -0.1) is 0 Å². The van der Waals surface area contributed by atoms with Crippen molar-refractivity contribution in [1.82, 2.24) is 24.5 Å². The number of rotatable bonds is 8. The van der Waals surface area contributed by atoms with Gasteiger partial charge in [0.05, 0.1) is 0 Å². The molecular weight excluding hydrogens is 530 g/mol. The second-order valence-corrected chi connectivity index (χ2v) is 9.95. The van der Waals surface area contributed by atoms with Crippen LogP contribution < -0.4 is 15.7 Å². The zero-order valence-electron chi connectivity index (χ0n) is 16.9. The summed E-state index contributed by atoms with van der Waals surface area (Å²) in [4.78, 5) is 27.7. The molecule has 0 spiro atoms. The SMILES string of the molecule is Nc1nc(NCC[As]c2ncc(-n3ccnc3)c(-c3ccc(Cl)cc3Cl)n2)ccc1[N+](=O)[O-]. The molecule has 0 amide bonds. The number of nitrogens with two attached hydrogens (primary N) is 1. The summed E-state index contributed by atoms with van der Waals surface area (Å²) in [6.45, 7) is 0.591. The van der Waals surface area contributed by atoms with E-state index in [1.54, 1.807) is 30.9 Å². The first-order valence-electron chi connectivity index (χ1n) is 9.55. The Bertz CT molecular complexity index is 1300. The molecule has 0 saturated heterocycles. The molecule has 0 aliphatic carbocycles. The maximum atomic E-state index is 10.9. The second kappa shape index (κ2) is 10.2. The molecule has 3 N–H and O–H groups in total. The van der Waals surface area contributed by atoms with Gasteiger partial charge in [-0.25, -0.2) is 0 Å². The van der Waals surface area contributed by atoms with Gasteiger partial charge in [-0.3, -0.25) is 0 Å². The molecular formula is C20H16AsCl2N8O2. The Morgan fingerprint density at radius 3 is 2.76 bits per heavy atom. The second-order valence-electron chi connectivity index (χ2n) is 6.66. The van der Waals surface area contributed by atoms with Gasteiger partial charge in [-0.05, 0) is 0 Å². The van der Waals surface area contributed by atoms with Crippen LogP contribution in [0.4, 0.5) is 17.3 Å². The third-order valence-corrected chi connectivity index (χ3v) is 7.03. The number of hydrogen-bond acceptors (Lipinski definition) is 8. The topological polar surface area (TPSA) is 138 Å². The summed E-state index contributed by atoms with van der Waals surface area (Å²) >= 11 is 12.1. The fraction of sp³-hybridized carbons (Fsp3) is 0.100. The minimum atomic E-state index is -0.563. The normalized spacial score (nSPS) is 11.2. The van der Waals surface area contributed by atoms with Crippen molar-refractivity contribution in [2.24, 2.45) is 0 Å². The average molecular weight is 546 g/mol. The molecule has 1 aromatic carbocycles. The standard InChI is InChI=1S/C20H16AsCl2N8O2/c22-12-1-2-13(14(23)9-12)18-16(30-8-7-25-11-30)10-27-20(29-18)21-5-6-26-17-4-3-15(31(32)33)19(24)28-17/h1-4,7-11H,5-6H2,(H3,24,26,28). The van der Waals surface area contributed by atoms with Crippen LogP contribution in [0.1, 0.15) is 0 Å². The van der Waals surface area contributed by atoms with Crippen LogP contribution in [0.15, 0.2) is 55.2 Å². The fourth-order valence-electron chi connectivity index (χ4n) is 2.97. The molecule has 4 aromatic rings. The van der Waals surface area contributed by atoms with E-state index in [1.165, 1.54) is 12.1 Å². The number of nitrogens with zero attached hydrogens (tertiary/aromatic N) is 6. The number of benzene rings is 1. The predicted octanol–water partition coefficient (Wildman–Crippen LogP) is 3.38. The number of imidazole rings is 1.